The lowest BCUT2D eigenvalue weighted by atomic mass is 10.1. The van der Waals surface area contributed by atoms with Gasteiger partial charge in [-0.3, -0.25) is 10.2 Å². The summed E-state index contributed by atoms with van der Waals surface area (Å²) in [6, 6.07) is 8.65. The van der Waals surface area contributed by atoms with E-state index in [9.17, 15) is 14.0 Å². The Kier molecular flexibility index (Phi) is 8.18. The number of amidine groups is 1. The third kappa shape index (κ3) is 6.74. The van der Waals surface area contributed by atoms with Gasteiger partial charge in [0.25, 0.3) is 0 Å². The van der Waals surface area contributed by atoms with Crippen LogP contribution in [0.4, 0.5) is 20.6 Å². The number of urea groups is 1. The molecular formula is C23H26FN5O3. The number of hydrogen-bond donors (Lipinski definition) is 5. The number of carbonyl (C=O) groups is 2. The fourth-order valence-corrected chi connectivity index (χ4v) is 2.79. The lowest BCUT2D eigenvalue weighted by molar-refractivity contribution is -0.137. The molecule has 0 unspecified atom stereocenters. The van der Waals surface area contributed by atoms with Gasteiger partial charge in [-0.05, 0) is 62.7 Å². The Balaban J connectivity index is 2.05. The number of nitrogens with one attached hydrogen (secondary N) is 3. The number of nitrogens with two attached hydrogens (primary N) is 1. The second-order valence-electron chi connectivity index (χ2n) is 7.34. The first-order valence-electron chi connectivity index (χ1n) is 9.85. The van der Waals surface area contributed by atoms with Gasteiger partial charge in [0.1, 0.15) is 18.2 Å². The van der Waals surface area contributed by atoms with Crippen molar-refractivity contribution in [1.29, 1.82) is 5.41 Å². The van der Waals surface area contributed by atoms with Crippen molar-refractivity contribution >= 4 is 29.2 Å². The molecule has 0 atom stereocenters. The molecule has 32 heavy (non-hydrogen) atoms. The van der Waals surface area contributed by atoms with Gasteiger partial charge in [-0.2, -0.15) is 0 Å². The fourth-order valence-electron chi connectivity index (χ4n) is 2.79. The Bertz CT molecular complexity index is 1070. The van der Waals surface area contributed by atoms with E-state index in [0.29, 0.717) is 23.2 Å². The van der Waals surface area contributed by atoms with E-state index >= 15 is 0 Å². The number of hydrogen-bond acceptors (Lipinski definition) is 4. The first kappa shape index (κ1) is 24.2. The van der Waals surface area contributed by atoms with Crippen LogP contribution in [-0.4, -0.2) is 47.0 Å². The van der Waals surface area contributed by atoms with Crippen molar-refractivity contribution in [2.24, 2.45) is 5.73 Å². The monoisotopic (exact) mass is 439 g/mol. The summed E-state index contributed by atoms with van der Waals surface area (Å²) >= 11 is 0. The van der Waals surface area contributed by atoms with Gasteiger partial charge >= 0.3 is 12.0 Å². The van der Waals surface area contributed by atoms with Crippen LogP contribution in [-0.2, 0) is 4.79 Å². The maximum Gasteiger partial charge on any atom is 0.323 e. The molecule has 0 aliphatic carbocycles. The largest absolute Gasteiger partial charge is 0.480 e. The normalized spacial score (nSPS) is 10.2. The first-order chi connectivity index (χ1) is 15.1. The maximum absolute atomic E-state index is 14.5. The molecule has 8 nitrogen and oxygen atoms in total. The Hall–Kier alpha value is -4.06. The first-order valence-corrected chi connectivity index (χ1v) is 9.85. The molecule has 6 N–H and O–H groups in total. The molecule has 0 aromatic heterocycles. The molecule has 2 aromatic carbocycles. The Morgan fingerprint density at radius 1 is 1.25 bits per heavy atom. The van der Waals surface area contributed by atoms with Crippen molar-refractivity contribution in [3.05, 3.63) is 58.9 Å². The van der Waals surface area contributed by atoms with E-state index in [1.807, 2.05) is 0 Å². The molecular weight excluding hydrogens is 413 g/mol. The summed E-state index contributed by atoms with van der Waals surface area (Å²) in [4.78, 5) is 24.4. The molecule has 2 rings (SSSR count). The van der Waals surface area contributed by atoms with Gasteiger partial charge < -0.3 is 26.4 Å². The average molecular weight is 439 g/mol. The number of nitrogen functional groups attached to an aromatic ring is 1. The van der Waals surface area contributed by atoms with Gasteiger partial charge in [0.2, 0.25) is 0 Å². The van der Waals surface area contributed by atoms with Crippen LogP contribution >= 0.6 is 0 Å². The van der Waals surface area contributed by atoms with E-state index in [2.05, 4.69) is 22.5 Å². The molecule has 0 aliphatic rings. The highest BCUT2D eigenvalue weighted by atomic mass is 19.1. The van der Waals surface area contributed by atoms with Crippen LogP contribution in [0.15, 0.2) is 36.4 Å². The summed E-state index contributed by atoms with van der Waals surface area (Å²) in [5, 5.41) is 21.9. The zero-order chi connectivity index (χ0) is 23.8. The van der Waals surface area contributed by atoms with Crippen molar-refractivity contribution in [2.45, 2.75) is 26.8 Å². The number of carboxylic acids is 1. The second kappa shape index (κ2) is 10.8. The van der Waals surface area contributed by atoms with Crippen LogP contribution in [0.2, 0.25) is 0 Å². The second-order valence-corrected chi connectivity index (χ2v) is 7.34. The number of carboxylic acid groups (broad SMARTS) is 1. The van der Waals surface area contributed by atoms with Crippen LogP contribution in [0.1, 0.15) is 30.5 Å². The summed E-state index contributed by atoms with van der Waals surface area (Å²) in [7, 11) is 0. The van der Waals surface area contributed by atoms with Gasteiger partial charge in [-0.25, -0.2) is 9.18 Å². The standard InChI is InChI=1S/C23H26FN5O3/c1-14(2)29(13-21(30)31)23(32)28-20-11-15(3)17(12-19(20)24)5-4-10-27-18-8-6-16(7-9-18)22(25)26/h6-9,11-12,14,27H,10,13H2,1-3H3,(H3,25,26)(H,28,32)(H,30,31). The molecule has 0 radical (unpaired) electrons. The molecule has 0 bridgehead atoms. The van der Waals surface area contributed by atoms with Crippen molar-refractivity contribution in [3.8, 4) is 11.8 Å². The smallest absolute Gasteiger partial charge is 0.323 e. The quantitative estimate of drug-likeness (QED) is 0.257. The van der Waals surface area contributed by atoms with Gasteiger partial charge in [-0.15, -0.1) is 0 Å². The molecule has 168 valence electrons. The molecule has 0 fully saturated rings. The molecule has 0 saturated heterocycles. The zero-order valence-corrected chi connectivity index (χ0v) is 18.1. The minimum absolute atomic E-state index is 0.00715. The van der Waals surface area contributed by atoms with Crippen molar-refractivity contribution in [1.82, 2.24) is 4.90 Å². The average Bonchev–Trinajstić information content (AvgIpc) is 2.72. The Morgan fingerprint density at radius 2 is 1.91 bits per heavy atom. The topological polar surface area (TPSA) is 132 Å². The predicted octanol–water partition coefficient (Wildman–Crippen LogP) is 3.21. The highest BCUT2D eigenvalue weighted by molar-refractivity contribution is 5.95. The lowest BCUT2D eigenvalue weighted by Gasteiger charge is -2.25. The van der Waals surface area contributed by atoms with Gasteiger partial charge in [-0.1, -0.05) is 11.8 Å². The number of halogens is 1. The molecule has 2 aromatic rings. The van der Waals surface area contributed by atoms with Gasteiger partial charge in [0, 0.05) is 22.9 Å². The van der Waals surface area contributed by atoms with E-state index in [4.69, 9.17) is 16.2 Å². The molecule has 0 spiro atoms. The third-order valence-electron chi connectivity index (χ3n) is 4.55. The van der Waals surface area contributed by atoms with Gasteiger partial charge in [0.05, 0.1) is 12.2 Å². The summed E-state index contributed by atoms with van der Waals surface area (Å²) in [5.41, 5.74) is 7.94. The number of rotatable bonds is 7. The Labute approximate surface area is 186 Å². The molecule has 0 aliphatic heterocycles. The summed E-state index contributed by atoms with van der Waals surface area (Å²) in [6.07, 6.45) is 0. The maximum atomic E-state index is 14.5. The highest BCUT2D eigenvalue weighted by Crippen LogP contribution is 2.20. The predicted molar refractivity (Wildman–Crippen MR) is 122 cm³/mol. The van der Waals surface area contributed by atoms with Crippen LogP contribution < -0.4 is 16.4 Å². The van der Waals surface area contributed by atoms with Crippen molar-refractivity contribution < 1.29 is 19.1 Å². The SMILES string of the molecule is Cc1cc(NC(=O)N(CC(=O)O)C(C)C)c(F)cc1C#CCNc1ccc(C(=N)N)cc1. The van der Waals surface area contributed by atoms with E-state index < -0.39 is 24.4 Å². The van der Waals surface area contributed by atoms with Crippen LogP contribution in [0, 0.1) is 30.0 Å². The highest BCUT2D eigenvalue weighted by Gasteiger charge is 2.21. The zero-order valence-electron chi connectivity index (χ0n) is 18.1. The third-order valence-corrected chi connectivity index (χ3v) is 4.55. The fraction of sp³-hybridized carbons (Fsp3) is 0.261. The number of aryl methyl sites for hydroxylation is 1. The lowest BCUT2D eigenvalue weighted by Crippen LogP contribution is -2.43. The van der Waals surface area contributed by atoms with E-state index in [1.165, 1.54) is 12.1 Å². The number of carbonyl (C=O) groups excluding carboxylic acids is 1. The van der Waals surface area contributed by atoms with Crippen LogP contribution in [0.3, 0.4) is 0 Å². The number of aliphatic carboxylic acids is 1. The van der Waals surface area contributed by atoms with Crippen LogP contribution in [0.25, 0.3) is 0 Å². The van der Waals surface area contributed by atoms with Crippen molar-refractivity contribution in [2.75, 3.05) is 23.7 Å². The summed E-state index contributed by atoms with van der Waals surface area (Å²) in [6.45, 7) is 4.92. The number of anilines is 2. The molecule has 0 saturated carbocycles. The minimum atomic E-state index is -1.15. The van der Waals surface area contributed by atoms with Gasteiger partial charge in [0.15, 0.2) is 0 Å². The molecule has 2 amide bonds. The van der Waals surface area contributed by atoms with E-state index in [-0.39, 0.29) is 17.6 Å². The van der Waals surface area contributed by atoms with E-state index in [0.717, 1.165) is 10.6 Å². The molecule has 0 heterocycles. The minimum Gasteiger partial charge on any atom is -0.480 e. The van der Waals surface area contributed by atoms with Crippen LogP contribution in [0.5, 0.6) is 0 Å². The summed E-state index contributed by atoms with van der Waals surface area (Å²) < 4.78 is 14.5. The molecule has 9 heteroatoms. The number of benzene rings is 2. The number of amides is 2. The van der Waals surface area contributed by atoms with E-state index in [1.54, 1.807) is 45.0 Å². The van der Waals surface area contributed by atoms with Crippen molar-refractivity contribution in [3.63, 3.8) is 0 Å². The summed E-state index contributed by atoms with van der Waals surface area (Å²) in [5.74, 6) is 3.98. The number of nitrogens with zero attached hydrogens (tertiary/aromatic N) is 1. The Morgan fingerprint density at radius 3 is 2.47 bits per heavy atom.